The summed E-state index contributed by atoms with van der Waals surface area (Å²) >= 11 is 0. The Kier molecular flexibility index (Phi) is 16.4. The van der Waals surface area contributed by atoms with Crippen LogP contribution in [0.25, 0.3) is 5.57 Å². The summed E-state index contributed by atoms with van der Waals surface area (Å²) in [5.74, 6) is -3.92. The average molecular weight is 677 g/mol. The molecule has 1 aromatic carbocycles. The van der Waals surface area contributed by atoms with Crippen molar-refractivity contribution in [2.75, 3.05) is 110 Å². The van der Waals surface area contributed by atoms with E-state index in [0.29, 0.717) is 37.6 Å². The number of phenolic OH excluding ortho intramolecular Hbond substituents is 1. The lowest BCUT2D eigenvalue weighted by atomic mass is 9.96. The highest BCUT2D eigenvalue weighted by molar-refractivity contribution is 6.63. The molecule has 2 aliphatic carbocycles. The number of rotatable bonds is 23. The number of phenols is 1. The standard InChI is InChI=1S/C33H44N2O13/c36-9-17-45-13-5-34(6-14-46-18-10-37)23-1-3-25(27(40)21-23)29-31(42)30(33(44)32(29)43)26-4-2-24(22-28(26)41)35(7-15-47-19-11-38)8-16-48-20-12-39/h1-4,21-22,36-40,42H,5-20H2/b30-26-. The number of Topliss-reactive ketones (excluding diaryl/α,β-unsaturated/α-hetero) is 2. The maximum atomic E-state index is 13.3. The molecular weight excluding hydrogens is 632 g/mol. The summed E-state index contributed by atoms with van der Waals surface area (Å²) in [5, 5.41) is 58.0. The zero-order chi connectivity index (χ0) is 34.9. The molecule has 264 valence electrons. The van der Waals surface area contributed by atoms with Crippen LogP contribution < -0.4 is 4.90 Å². The Bertz CT molecular complexity index is 1360. The maximum absolute atomic E-state index is 13.3. The minimum atomic E-state index is -1.09. The fourth-order valence-electron chi connectivity index (χ4n) is 5.01. The van der Waals surface area contributed by atoms with Crippen molar-refractivity contribution in [3.05, 3.63) is 64.6 Å². The second-order valence-electron chi connectivity index (χ2n) is 10.5. The molecule has 6 N–H and O–H groups in total. The van der Waals surface area contributed by atoms with Crippen LogP contribution in [0.5, 0.6) is 5.75 Å². The zero-order valence-electron chi connectivity index (χ0n) is 26.7. The van der Waals surface area contributed by atoms with Crippen molar-refractivity contribution < 1.29 is 64.0 Å². The lowest BCUT2D eigenvalue weighted by molar-refractivity contribution is -0.130. The zero-order valence-corrected chi connectivity index (χ0v) is 26.7. The molecule has 1 aromatic rings. The van der Waals surface area contributed by atoms with Crippen LogP contribution in [0.2, 0.25) is 0 Å². The van der Waals surface area contributed by atoms with Crippen LogP contribution in [-0.2, 0) is 33.3 Å². The topological polar surface area (TPSA) is 216 Å². The second-order valence-corrected chi connectivity index (χ2v) is 10.5. The van der Waals surface area contributed by atoms with Gasteiger partial charge in [0.25, 0.3) is 0 Å². The van der Waals surface area contributed by atoms with Gasteiger partial charge in [0.05, 0.1) is 90.4 Å². The van der Waals surface area contributed by atoms with Crippen LogP contribution in [0.1, 0.15) is 5.56 Å². The number of aliphatic hydroxyl groups excluding tert-OH is 5. The molecule has 0 unspecified atom stereocenters. The Morgan fingerprint density at radius 3 is 1.52 bits per heavy atom. The molecule has 0 heterocycles. The van der Waals surface area contributed by atoms with Crippen LogP contribution in [-0.4, -0.2) is 158 Å². The predicted molar refractivity (Wildman–Crippen MR) is 172 cm³/mol. The molecule has 3 rings (SSSR count). The molecule has 15 heteroatoms. The van der Waals surface area contributed by atoms with Gasteiger partial charge in [-0.3, -0.25) is 14.4 Å². The number of carbonyl (C=O) groups excluding carboxylic acids is 3. The summed E-state index contributed by atoms with van der Waals surface area (Å²) in [6.07, 6.45) is 4.16. The molecule has 0 saturated carbocycles. The first-order valence-corrected chi connectivity index (χ1v) is 15.6. The number of hydrogen-bond donors (Lipinski definition) is 6. The van der Waals surface area contributed by atoms with Gasteiger partial charge in [-0.15, -0.1) is 0 Å². The van der Waals surface area contributed by atoms with Crippen molar-refractivity contribution in [1.29, 1.82) is 0 Å². The first-order valence-electron chi connectivity index (χ1n) is 15.6. The van der Waals surface area contributed by atoms with Gasteiger partial charge in [-0.2, -0.15) is 0 Å². The molecule has 0 amide bonds. The quantitative estimate of drug-likeness (QED) is 0.0479. The first kappa shape index (κ1) is 38.5. The van der Waals surface area contributed by atoms with Crippen LogP contribution >= 0.6 is 0 Å². The number of anilines is 1. The molecule has 0 aliphatic heterocycles. The van der Waals surface area contributed by atoms with E-state index in [1.54, 1.807) is 17.0 Å². The van der Waals surface area contributed by atoms with Crippen LogP contribution in [0.15, 0.2) is 59.0 Å². The third-order valence-electron chi connectivity index (χ3n) is 7.31. The predicted octanol–water partition coefficient (Wildman–Crippen LogP) is -0.723. The molecule has 2 aliphatic rings. The Balaban J connectivity index is 1.87. The van der Waals surface area contributed by atoms with Gasteiger partial charge in [-0.1, -0.05) is 0 Å². The molecule has 0 spiro atoms. The van der Waals surface area contributed by atoms with Gasteiger partial charge < -0.3 is 59.4 Å². The number of benzene rings is 1. The van der Waals surface area contributed by atoms with Crippen molar-refractivity contribution in [3.8, 4) is 5.75 Å². The number of aromatic hydroxyl groups is 1. The SMILES string of the molecule is O=C1C(=O)/C(=C2/C=CC(N(CCOCCO)CCOCCO)=CC2=O)C(O)=C1c1ccc(N(CCOCCO)CCOCCO)cc1O. The van der Waals surface area contributed by atoms with Crippen molar-refractivity contribution in [2.45, 2.75) is 0 Å². The first-order chi connectivity index (χ1) is 23.3. The van der Waals surface area contributed by atoms with Crippen molar-refractivity contribution >= 4 is 28.6 Å². The largest absolute Gasteiger partial charge is 0.507 e. The lowest BCUT2D eigenvalue weighted by Gasteiger charge is -2.27. The lowest BCUT2D eigenvalue weighted by Crippen LogP contribution is -2.32. The molecule has 48 heavy (non-hydrogen) atoms. The molecular formula is C33H44N2O13. The fourth-order valence-corrected chi connectivity index (χ4v) is 5.01. The number of ketones is 3. The smallest absolute Gasteiger partial charge is 0.238 e. The summed E-state index contributed by atoms with van der Waals surface area (Å²) in [4.78, 5) is 43.2. The number of carbonyl (C=O) groups is 3. The summed E-state index contributed by atoms with van der Waals surface area (Å²) in [7, 11) is 0. The van der Waals surface area contributed by atoms with Crippen molar-refractivity contribution in [2.24, 2.45) is 0 Å². The van der Waals surface area contributed by atoms with E-state index in [0.717, 1.165) is 0 Å². The highest BCUT2D eigenvalue weighted by Gasteiger charge is 2.41. The Morgan fingerprint density at radius 1 is 0.583 bits per heavy atom. The third-order valence-corrected chi connectivity index (χ3v) is 7.31. The van der Waals surface area contributed by atoms with E-state index in [2.05, 4.69) is 0 Å². The van der Waals surface area contributed by atoms with E-state index in [4.69, 9.17) is 39.4 Å². The number of ether oxygens (including phenoxy) is 4. The summed E-state index contributed by atoms with van der Waals surface area (Å²) in [6, 6.07) is 4.33. The molecule has 0 aromatic heterocycles. The Hall–Kier alpha value is -3.93. The van der Waals surface area contributed by atoms with E-state index in [9.17, 15) is 24.6 Å². The highest BCUT2D eigenvalue weighted by Crippen LogP contribution is 2.39. The molecule has 0 saturated heterocycles. The average Bonchev–Trinajstić information content (AvgIpc) is 3.29. The van der Waals surface area contributed by atoms with Gasteiger partial charge in [-0.25, -0.2) is 0 Å². The monoisotopic (exact) mass is 676 g/mol. The third kappa shape index (κ3) is 10.5. The van der Waals surface area contributed by atoms with Crippen LogP contribution in [0, 0.1) is 0 Å². The van der Waals surface area contributed by atoms with Gasteiger partial charge in [0.1, 0.15) is 11.5 Å². The number of aliphatic hydroxyl groups is 5. The molecule has 0 atom stereocenters. The second kappa shape index (κ2) is 20.4. The van der Waals surface area contributed by atoms with Gasteiger partial charge >= 0.3 is 0 Å². The highest BCUT2D eigenvalue weighted by atomic mass is 16.5. The van der Waals surface area contributed by atoms with Crippen molar-refractivity contribution in [1.82, 2.24) is 4.90 Å². The number of allylic oxidation sites excluding steroid dienone is 6. The molecule has 0 bridgehead atoms. The maximum Gasteiger partial charge on any atom is 0.238 e. The molecule has 15 nitrogen and oxygen atoms in total. The summed E-state index contributed by atoms with van der Waals surface area (Å²) in [6.45, 7) is 2.37. The number of nitrogens with zero attached hydrogens (tertiary/aromatic N) is 2. The Morgan fingerprint density at radius 2 is 1.06 bits per heavy atom. The Labute approximate surface area is 278 Å². The van der Waals surface area contributed by atoms with Crippen molar-refractivity contribution in [3.63, 3.8) is 0 Å². The minimum Gasteiger partial charge on any atom is -0.507 e. The fraction of sp³-hybridized carbons (Fsp3) is 0.485. The van der Waals surface area contributed by atoms with E-state index in [1.165, 1.54) is 24.3 Å². The minimum absolute atomic E-state index is 0.0985. The van der Waals surface area contributed by atoms with Gasteiger partial charge in [0.15, 0.2) is 5.78 Å². The van der Waals surface area contributed by atoms with E-state index >= 15 is 0 Å². The van der Waals surface area contributed by atoms with Crippen LogP contribution in [0.3, 0.4) is 0 Å². The van der Waals surface area contributed by atoms with Crippen LogP contribution in [0.4, 0.5) is 5.69 Å². The molecule has 0 radical (unpaired) electrons. The van der Waals surface area contributed by atoms with E-state index < -0.39 is 40.0 Å². The van der Waals surface area contributed by atoms with Gasteiger partial charge in [0.2, 0.25) is 11.6 Å². The summed E-state index contributed by atoms with van der Waals surface area (Å²) < 4.78 is 21.4. The van der Waals surface area contributed by atoms with E-state index in [1.807, 2.05) is 4.90 Å². The van der Waals surface area contributed by atoms with Gasteiger partial charge in [0, 0.05) is 60.8 Å². The van der Waals surface area contributed by atoms with E-state index in [-0.39, 0.29) is 90.4 Å². The summed E-state index contributed by atoms with van der Waals surface area (Å²) in [5.41, 5.74) is -0.211. The number of hydrogen-bond acceptors (Lipinski definition) is 15. The normalized spacial score (nSPS) is 16.3. The van der Waals surface area contributed by atoms with Gasteiger partial charge in [-0.05, 0) is 24.3 Å². The molecule has 0 fully saturated rings.